The highest BCUT2D eigenvalue weighted by molar-refractivity contribution is 8.05. The average Bonchev–Trinajstić information content (AvgIpc) is 2.69. The van der Waals surface area contributed by atoms with Crippen LogP contribution in [-0.4, -0.2) is 40.1 Å². The number of hydrogen-bond donors (Lipinski definition) is 1. The minimum atomic E-state index is -6.69. The van der Waals surface area contributed by atoms with Crippen molar-refractivity contribution < 1.29 is 43.6 Å². The third kappa shape index (κ3) is 4.43. The van der Waals surface area contributed by atoms with E-state index in [0.29, 0.717) is 41.9 Å². The van der Waals surface area contributed by atoms with Crippen LogP contribution in [0.4, 0.5) is 27.6 Å². The molecule has 0 spiro atoms. The smallest absolute Gasteiger partial charge is 0.306 e. The van der Waals surface area contributed by atoms with Crippen molar-refractivity contribution in [3.05, 3.63) is 30.3 Å². The molecule has 0 aliphatic heterocycles. The predicted molar refractivity (Wildman–Crippen MR) is 111 cm³/mol. The van der Waals surface area contributed by atoms with Crippen LogP contribution < -0.4 is 9.03 Å². The van der Waals surface area contributed by atoms with Crippen molar-refractivity contribution in [3.63, 3.8) is 0 Å². The van der Waals surface area contributed by atoms with E-state index in [1.807, 2.05) is 0 Å². The number of anilines is 1. The molecule has 4 fully saturated rings. The topological polar surface area (TPSA) is 101 Å². The van der Waals surface area contributed by atoms with Gasteiger partial charge in [0.25, 0.3) is 0 Å². The molecule has 0 unspecified atom stereocenters. The Morgan fingerprint density at radius 1 is 0.882 bits per heavy atom. The summed E-state index contributed by atoms with van der Waals surface area (Å²) in [4.78, 5) is 13.5. The number of amides is 1. The summed E-state index contributed by atoms with van der Waals surface area (Å²) in [7, 11) is -13.3. The molecule has 5 rings (SSSR count). The number of rotatable bonds is 7. The van der Waals surface area contributed by atoms with Gasteiger partial charge in [0.1, 0.15) is 0 Å². The molecule has 0 aromatic heterocycles. The molecule has 4 aliphatic rings. The van der Waals surface area contributed by atoms with Crippen molar-refractivity contribution in [2.45, 2.75) is 49.3 Å². The highest BCUT2D eigenvalue weighted by atomic mass is 32.3. The summed E-state index contributed by atoms with van der Waals surface area (Å²) in [6, 6.07) is 7.04. The van der Waals surface area contributed by atoms with Crippen molar-refractivity contribution in [1.29, 1.82) is 0 Å². The Kier molecular flexibility index (Phi) is 6.04. The van der Waals surface area contributed by atoms with Crippen LogP contribution in [0.5, 0.6) is 0 Å². The molecule has 1 aromatic carbocycles. The highest BCUT2D eigenvalue weighted by Gasteiger charge is 2.61. The number of nitrogens with one attached hydrogen (secondary N) is 1. The maximum absolute atomic E-state index is 14.9. The van der Waals surface area contributed by atoms with Gasteiger partial charge in [0.15, 0.2) is 0 Å². The summed E-state index contributed by atoms with van der Waals surface area (Å²) in [5.41, 5.74) is -6.75. The SMILES string of the molecule is O=C(N(CC12CC3CC(CC(C3)C1)C2)c1ccccc1)C(F)(F)S(=O)(=O)NS(=O)(=O)C(F)(F)F. The zero-order valence-electron chi connectivity index (χ0n) is 17.8. The molecule has 1 amide bonds. The van der Waals surface area contributed by atoms with E-state index in [1.54, 1.807) is 6.07 Å². The standard InChI is InChI=1S/C20H23F5N2O5S2/c21-19(22,33(29,30)26-34(31,32)20(23,24)25)17(28)27(16-4-2-1-3-5-16)12-18-9-13-6-14(10-18)8-15(7-13)11-18/h1-5,13-15,26H,6-12H2. The van der Waals surface area contributed by atoms with Gasteiger partial charge in [0.05, 0.1) is 0 Å². The highest BCUT2D eigenvalue weighted by Crippen LogP contribution is 2.60. The van der Waals surface area contributed by atoms with Crippen LogP contribution >= 0.6 is 0 Å². The maximum Gasteiger partial charge on any atom is 0.512 e. The summed E-state index contributed by atoms with van der Waals surface area (Å²) < 4.78 is 114. The van der Waals surface area contributed by atoms with E-state index in [0.717, 1.165) is 19.3 Å². The number of benzene rings is 1. The monoisotopic (exact) mass is 530 g/mol. The van der Waals surface area contributed by atoms with Crippen LogP contribution in [0.25, 0.3) is 0 Å². The molecule has 190 valence electrons. The third-order valence-electron chi connectivity index (χ3n) is 7.08. The molecule has 4 bridgehead atoms. The van der Waals surface area contributed by atoms with E-state index >= 15 is 0 Å². The van der Waals surface area contributed by atoms with Gasteiger partial charge in [0.2, 0.25) is 0 Å². The van der Waals surface area contributed by atoms with Crippen LogP contribution in [0.3, 0.4) is 0 Å². The first-order valence-corrected chi connectivity index (χ1v) is 13.6. The summed E-state index contributed by atoms with van der Waals surface area (Å²) in [5.74, 6) is -1.18. The molecular formula is C20H23F5N2O5S2. The Balaban J connectivity index is 1.67. The van der Waals surface area contributed by atoms with E-state index in [9.17, 15) is 43.6 Å². The molecule has 1 N–H and O–H groups in total. The van der Waals surface area contributed by atoms with Gasteiger partial charge in [-0.1, -0.05) is 22.3 Å². The zero-order valence-corrected chi connectivity index (χ0v) is 19.4. The number of hydrogen-bond acceptors (Lipinski definition) is 5. The molecule has 14 heteroatoms. The minimum Gasteiger partial charge on any atom is -0.306 e. The van der Waals surface area contributed by atoms with Gasteiger partial charge < -0.3 is 4.90 Å². The normalized spacial score (nSPS) is 29.3. The quantitative estimate of drug-likeness (QED) is 0.543. The number of para-hydroxylation sites is 1. The van der Waals surface area contributed by atoms with Gasteiger partial charge in [-0.3, -0.25) is 4.79 Å². The Hall–Kier alpha value is -1.80. The van der Waals surface area contributed by atoms with Crippen LogP contribution in [0.1, 0.15) is 38.5 Å². The van der Waals surface area contributed by atoms with Crippen molar-refractivity contribution in [3.8, 4) is 0 Å². The summed E-state index contributed by atoms with van der Waals surface area (Å²) in [6.45, 7) is -0.240. The Morgan fingerprint density at radius 2 is 1.35 bits per heavy atom. The van der Waals surface area contributed by atoms with E-state index < -0.39 is 42.1 Å². The Morgan fingerprint density at radius 3 is 1.79 bits per heavy atom. The van der Waals surface area contributed by atoms with Gasteiger partial charge in [-0.15, -0.1) is 0 Å². The lowest BCUT2D eigenvalue weighted by molar-refractivity contribution is -0.134. The fourth-order valence-electron chi connectivity index (χ4n) is 6.22. The van der Waals surface area contributed by atoms with Gasteiger partial charge in [-0.25, -0.2) is 16.8 Å². The molecule has 7 nitrogen and oxygen atoms in total. The predicted octanol–water partition coefficient (Wildman–Crippen LogP) is 3.60. The summed E-state index contributed by atoms with van der Waals surface area (Å²) in [5, 5.41) is -5.48. The minimum absolute atomic E-state index is 0.0185. The summed E-state index contributed by atoms with van der Waals surface area (Å²) >= 11 is 0. The lowest BCUT2D eigenvalue weighted by Gasteiger charge is -2.57. The number of carbonyl (C=O) groups excluding carboxylic acids is 1. The fraction of sp³-hybridized carbons (Fsp3) is 0.650. The summed E-state index contributed by atoms with van der Waals surface area (Å²) in [6.07, 6.45) is 5.07. The maximum atomic E-state index is 14.9. The van der Waals surface area contributed by atoms with E-state index in [-0.39, 0.29) is 16.4 Å². The number of nitrogens with zero attached hydrogens (tertiary/aromatic N) is 1. The molecule has 34 heavy (non-hydrogen) atoms. The van der Waals surface area contributed by atoms with Gasteiger partial charge >= 0.3 is 36.7 Å². The lowest BCUT2D eigenvalue weighted by atomic mass is 9.49. The largest absolute Gasteiger partial charge is 0.512 e. The molecular weight excluding hydrogens is 507 g/mol. The van der Waals surface area contributed by atoms with Crippen LogP contribution in [-0.2, 0) is 24.8 Å². The molecule has 0 saturated heterocycles. The Labute approximate surface area is 193 Å². The number of alkyl halides is 5. The molecule has 0 heterocycles. The van der Waals surface area contributed by atoms with Gasteiger partial charge in [-0.05, 0) is 73.8 Å². The fourth-order valence-corrected chi connectivity index (χ4v) is 8.52. The second-order valence-corrected chi connectivity index (χ2v) is 13.4. The average molecular weight is 531 g/mol. The third-order valence-corrected chi connectivity index (χ3v) is 10.3. The van der Waals surface area contributed by atoms with E-state index in [2.05, 4.69) is 0 Å². The van der Waals surface area contributed by atoms with E-state index in [4.69, 9.17) is 0 Å². The first kappa shape index (κ1) is 25.3. The molecule has 4 aliphatic carbocycles. The number of sulfonamides is 2. The van der Waals surface area contributed by atoms with Crippen molar-refractivity contribution in [1.82, 2.24) is 4.13 Å². The second-order valence-electron chi connectivity index (χ2n) is 9.70. The Bertz CT molecular complexity index is 1130. The van der Waals surface area contributed by atoms with E-state index in [1.165, 1.54) is 24.3 Å². The van der Waals surface area contributed by atoms with Crippen molar-refractivity contribution >= 4 is 31.6 Å². The van der Waals surface area contributed by atoms with Crippen LogP contribution in [0, 0.1) is 23.2 Å². The molecule has 4 saturated carbocycles. The number of halogens is 5. The van der Waals surface area contributed by atoms with Gasteiger partial charge in [0, 0.05) is 12.2 Å². The second kappa shape index (κ2) is 8.12. The molecule has 0 atom stereocenters. The van der Waals surface area contributed by atoms with Crippen LogP contribution in [0.2, 0.25) is 0 Å². The first-order chi connectivity index (χ1) is 15.6. The molecule has 0 radical (unpaired) electrons. The van der Waals surface area contributed by atoms with Crippen LogP contribution in [0.15, 0.2) is 30.3 Å². The van der Waals surface area contributed by atoms with Gasteiger partial charge in [-0.2, -0.15) is 22.0 Å². The van der Waals surface area contributed by atoms with Crippen molar-refractivity contribution in [2.24, 2.45) is 23.2 Å². The molecule has 1 aromatic rings. The zero-order chi connectivity index (χ0) is 25.2. The first-order valence-electron chi connectivity index (χ1n) is 10.6. The number of carbonyl (C=O) groups is 1. The van der Waals surface area contributed by atoms with Crippen molar-refractivity contribution in [2.75, 3.05) is 11.4 Å². The lowest BCUT2D eigenvalue weighted by Crippen LogP contribution is -2.58.